The first kappa shape index (κ1) is 9.31. The van der Waals surface area contributed by atoms with Crippen LogP contribution < -0.4 is 10.6 Å². The van der Waals surface area contributed by atoms with Crippen molar-refractivity contribution in [2.45, 2.75) is 13.3 Å². The molecular weight excluding hydrogens is 179 g/mol. The van der Waals surface area contributed by atoms with Crippen molar-refractivity contribution < 1.29 is 4.39 Å². The zero-order chi connectivity index (χ0) is 10.1. The van der Waals surface area contributed by atoms with E-state index in [9.17, 15) is 4.39 Å². The number of aryl methyl sites for hydroxylation is 1. The van der Waals surface area contributed by atoms with Gasteiger partial charge in [-0.3, -0.25) is 0 Å². The second-order valence-corrected chi connectivity index (χ2v) is 3.76. The Morgan fingerprint density at radius 2 is 2.29 bits per heavy atom. The van der Waals surface area contributed by atoms with Crippen LogP contribution in [0.25, 0.3) is 0 Å². The van der Waals surface area contributed by atoms with E-state index in [1.165, 1.54) is 5.56 Å². The lowest BCUT2D eigenvalue weighted by Gasteiger charge is -2.18. The van der Waals surface area contributed by atoms with Crippen LogP contribution in [0, 0.1) is 6.92 Å². The number of benzene rings is 1. The highest BCUT2D eigenvalue weighted by molar-refractivity contribution is 5.67. The van der Waals surface area contributed by atoms with Crippen molar-refractivity contribution in [2.75, 3.05) is 30.4 Å². The number of anilines is 2. The molecule has 0 unspecified atom stereocenters. The summed E-state index contributed by atoms with van der Waals surface area (Å²) in [5.41, 5.74) is 10.2. The highest BCUT2D eigenvalue weighted by Gasteiger charge is 2.19. The third kappa shape index (κ3) is 1.43. The molecule has 0 amide bonds. The maximum absolute atomic E-state index is 12.2. The molecule has 2 nitrogen and oxygen atoms in total. The van der Waals surface area contributed by atoms with E-state index in [2.05, 4.69) is 11.0 Å². The Morgan fingerprint density at radius 1 is 1.50 bits per heavy atom. The SMILES string of the molecule is Cc1cc2c(cc1N)N(CCF)CC2. The first-order chi connectivity index (χ1) is 6.72. The maximum Gasteiger partial charge on any atom is 0.107 e. The average molecular weight is 194 g/mol. The van der Waals surface area contributed by atoms with E-state index in [0.717, 1.165) is 29.9 Å². The van der Waals surface area contributed by atoms with Crippen molar-refractivity contribution in [2.24, 2.45) is 0 Å². The van der Waals surface area contributed by atoms with Gasteiger partial charge in [-0.05, 0) is 30.5 Å². The highest BCUT2D eigenvalue weighted by Crippen LogP contribution is 2.31. The van der Waals surface area contributed by atoms with E-state index in [0.29, 0.717) is 6.54 Å². The van der Waals surface area contributed by atoms with Gasteiger partial charge in [-0.2, -0.15) is 0 Å². The van der Waals surface area contributed by atoms with E-state index in [4.69, 9.17) is 5.73 Å². The number of hydrogen-bond donors (Lipinski definition) is 1. The normalized spacial score (nSPS) is 14.6. The number of nitrogens with zero attached hydrogens (tertiary/aromatic N) is 1. The van der Waals surface area contributed by atoms with Gasteiger partial charge in [0.05, 0.1) is 0 Å². The minimum Gasteiger partial charge on any atom is -0.398 e. The Labute approximate surface area is 83.5 Å². The van der Waals surface area contributed by atoms with E-state index in [1.54, 1.807) is 0 Å². The smallest absolute Gasteiger partial charge is 0.107 e. The number of rotatable bonds is 2. The molecule has 0 saturated heterocycles. The Balaban J connectivity index is 2.35. The standard InChI is InChI=1S/C11H15FN2/c1-8-6-9-2-4-14(5-3-12)11(9)7-10(8)13/h6-7H,2-5,13H2,1H3. The third-order valence-corrected chi connectivity index (χ3v) is 2.81. The van der Waals surface area contributed by atoms with E-state index < -0.39 is 0 Å². The molecule has 1 aromatic rings. The molecule has 0 fully saturated rings. The zero-order valence-corrected chi connectivity index (χ0v) is 8.39. The summed E-state index contributed by atoms with van der Waals surface area (Å²) in [5, 5.41) is 0. The molecule has 1 aliphatic heterocycles. The average Bonchev–Trinajstić information content (AvgIpc) is 2.51. The third-order valence-electron chi connectivity index (χ3n) is 2.81. The maximum atomic E-state index is 12.2. The fourth-order valence-corrected chi connectivity index (χ4v) is 1.98. The highest BCUT2D eigenvalue weighted by atomic mass is 19.1. The molecule has 0 radical (unpaired) electrons. The lowest BCUT2D eigenvalue weighted by atomic mass is 10.1. The van der Waals surface area contributed by atoms with Crippen LogP contribution in [0.5, 0.6) is 0 Å². The molecule has 1 aromatic carbocycles. The number of alkyl halides is 1. The topological polar surface area (TPSA) is 29.3 Å². The van der Waals surface area contributed by atoms with Crippen LogP contribution >= 0.6 is 0 Å². The summed E-state index contributed by atoms with van der Waals surface area (Å²) in [6.45, 7) is 3.11. The Bertz CT molecular complexity index is 349. The van der Waals surface area contributed by atoms with Crippen molar-refractivity contribution in [3.63, 3.8) is 0 Å². The van der Waals surface area contributed by atoms with Crippen LogP contribution in [0.15, 0.2) is 12.1 Å². The second kappa shape index (κ2) is 3.48. The molecule has 0 aromatic heterocycles. The monoisotopic (exact) mass is 194 g/mol. The lowest BCUT2D eigenvalue weighted by molar-refractivity contribution is 0.493. The van der Waals surface area contributed by atoms with Gasteiger partial charge in [-0.25, -0.2) is 4.39 Å². The molecule has 0 spiro atoms. The second-order valence-electron chi connectivity index (χ2n) is 3.76. The number of fused-ring (bicyclic) bond motifs is 1. The van der Waals surface area contributed by atoms with Gasteiger partial charge >= 0.3 is 0 Å². The van der Waals surface area contributed by atoms with Gasteiger partial charge < -0.3 is 10.6 Å². The first-order valence-corrected chi connectivity index (χ1v) is 4.92. The molecule has 76 valence electrons. The van der Waals surface area contributed by atoms with Gasteiger partial charge in [0, 0.05) is 24.5 Å². The molecule has 0 bridgehead atoms. The Morgan fingerprint density at radius 3 is 3.00 bits per heavy atom. The largest absolute Gasteiger partial charge is 0.398 e. The van der Waals surface area contributed by atoms with Crippen LogP contribution in [0.1, 0.15) is 11.1 Å². The summed E-state index contributed by atoms with van der Waals surface area (Å²) in [5.74, 6) is 0. The van der Waals surface area contributed by atoms with Gasteiger partial charge in [0.1, 0.15) is 6.67 Å². The summed E-state index contributed by atoms with van der Waals surface area (Å²) in [6.07, 6.45) is 1.01. The number of nitrogens with two attached hydrogens (primary N) is 1. The van der Waals surface area contributed by atoms with Crippen LogP contribution in [-0.4, -0.2) is 19.8 Å². The van der Waals surface area contributed by atoms with Crippen molar-refractivity contribution >= 4 is 11.4 Å². The van der Waals surface area contributed by atoms with Crippen molar-refractivity contribution in [1.82, 2.24) is 0 Å². The Kier molecular flexibility index (Phi) is 2.32. The van der Waals surface area contributed by atoms with Crippen LogP contribution in [0.2, 0.25) is 0 Å². The molecule has 3 heteroatoms. The van der Waals surface area contributed by atoms with E-state index in [-0.39, 0.29) is 6.67 Å². The number of hydrogen-bond acceptors (Lipinski definition) is 2. The molecule has 0 atom stereocenters. The van der Waals surface area contributed by atoms with E-state index >= 15 is 0 Å². The molecule has 2 N–H and O–H groups in total. The minimum absolute atomic E-state index is 0.298. The predicted octanol–water partition coefficient (Wildman–Crippen LogP) is 1.91. The summed E-state index contributed by atoms with van der Waals surface area (Å²) >= 11 is 0. The molecule has 0 aliphatic carbocycles. The van der Waals surface area contributed by atoms with Crippen LogP contribution in [0.3, 0.4) is 0 Å². The zero-order valence-electron chi connectivity index (χ0n) is 8.39. The molecular formula is C11H15FN2. The summed E-state index contributed by atoms with van der Waals surface area (Å²) in [7, 11) is 0. The van der Waals surface area contributed by atoms with Crippen LogP contribution in [0.4, 0.5) is 15.8 Å². The minimum atomic E-state index is -0.298. The van der Waals surface area contributed by atoms with Crippen LogP contribution in [-0.2, 0) is 6.42 Å². The quantitative estimate of drug-likeness (QED) is 0.729. The molecule has 0 saturated carbocycles. The molecule has 2 rings (SSSR count). The van der Waals surface area contributed by atoms with Crippen molar-refractivity contribution in [1.29, 1.82) is 0 Å². The molecule has 1 heterocycles. The van der Waals surface area contributed by atoms with Gasteiger partial charge in [-0.1, -0.05) is 6.07 Å². The summed E-state index contributed by atoms with van der Waals surface area (Å²) < 4.78 is 12.2. The molecule has 1 aliphatic rings. The Hall–Kier alpha value is -1.25. The van der Waals surface area contributed by atoms with Gasteiger partial charge in [0.25, 0.3) is 0 Å². The van der Waals surface area contributed by atoms with Crippen molar-refractivity contribution in [3.8, 4) is 0 Å². The summed E-state index contributed by atoms with van der Waals surface area (Å²) in [6, 6.07) is 4.08. The van der Waals surface area contributed by atoms with Gasteiger partial charge in [0.15, 0.2) is 0 Å². The summed E-state index contributed by atoms with van der Waals surface area (Å²) in [4.78, 5) is 2.06. The fraction of sp³-hybridized carbons (Fsp3) is 0.455. The number of halogens is 1. The fourth-order valence-electron chi connectivity index (χ4n) is 1.98. The van der Waals surface area contributed by atoms with E-state index in [1.807, 2.05) is 13.0 Å². The predicted molar refractivity (Wildman–Crippen MR) is 57.5 cm³/mol. The first-order valence-electron chi connectivity index (χ1n) is 4.92. The van der Waals surface area contributed by atoms with Gasteiger partial charge in [-0.15, -0.1) is 0 Å². The molecule has 14 heavy (non-hydrogen) atoms. The van der Waals surface area contributed by atoms with Gasteiger partial charge in [0.2, 0.25) is 0 Å². The number of nitrogen functional groups attached to an aromatic ring is 1. The lowest BCUT2D eigenvalue weighted by Crippen LogP contribution is -2.22. The van der Waals surface area contributed by atoms with Crippen molar-refractivity contribution in [3.05, 3.63) is 23.3 Å².